The average Bonchev–Trinajstić information content (AvgIpc) is 3.23. The number of thiophene rings is 1. The molecule has 0 saturated carbocycles. The summed E-state index contributed by atoms with van der Waals surface area (Å²) >= 11 is 1.20. The first-order valence-corrected chi connectivity index (χ1v) is 11.3. The molecule has 0 N–H and O–H groups in total. The third kappa shape index (κ3) is 3.19. The molecule has 0 radical (unpaired) electrons. The van der Waals surface area contributed by atoms with Crippen LogP contribution >= 0.6 is 11.3 Å². The van der Waals surface area contributed by atoms with Crippen molar-refractivity contribution >= 4 is 27.3 Å². The number of benzene rings is 1. The van der Waals surface area contributed by atoms with E-state index in [1.807, 2.05) is 29.2 Å². The van der Waals surface area contributed by atoms with Crippen LogP contribution in [-0.2, 0) is 27.8 Å². The number of fused-ring (bicyclic) bond motifs is 1. The highest BCUT2D eigenvalue weighted by molar-refractivity contribution is 7.91. The van der Waals surface area contributed by atoms with Gasteiger partial charge in [0, 0.05) is 19.6 Å². The molecular weight excluding hydrogens is 368 g/mol. The number of nitrogens with zero attached hydrogens (tertiary/aromatic N) is 2. The van der Waals surface area contributed by atoms with Gasteiger partial charge in [-0.1, -0.05) is 30.3 Å². The lowest BCUT2D eigenvalue weighted by Gasteiger charge is -2.38. The van der Waals surface area contributed by atoms with E-state index in [9.17, 15) is 13.2 Å². The van der Waals surface area contributed by atoms with Gasteiger partial charge in [-0.2, -0.15) is 4.31 Å². The SMILES string of the molecule is O=C([C@H]1Cc2ccccc2CN1S(=O)(=O)c1cccs1)N1CCCCC1. The minimum absolute atomic E-state index is 0.0562. The van der Waals surface area contributed by atoms with Gasteiger partial charge in [0.25, 0.3) is 10.0 Å². The van der Waals surface area contributed by atoms with E-state index in [2.05, 4.69) is 0 Å². The quantitative estimate of drug-likeness (QED) is 0.810. The summed E-state index contributed by atoms with van der Waals surface area (Å²) in [6, 6.07) is 10.5. The maximum absolute atomic E-state index is 13.2. The minimum atomic E-state index is -3.69. The van der Waals surface area contributed by atoms with Crippen LogP contribution < -0.4 is 0 Å². The summed E-state index contributed by atoms with van der Waals surface area (Å²) in [4.78, 5) is 15.1. The molecular formula is C19H22N2O3S2. The molecule has 1 aromatic heterocycles. The van der Waals surface area contributed by atoms with Gasteiger partial charge in [-0.15, -0.1) is 11.3 Å². The number of sulfonamides is 1. The van der Waals surface area contributed by atoms with Gasteiger partial charge >= 0.3 is 0 Å². The van der Waals surface area contributed by atoms with Crippen LogP contribution in [0.15, 0.2) is 46.0 Å². The molecule has 5 nitrogen and oxygen atoms in total. The maximum Gasteiger partial charge on any atom is 0.253 e. The van der Waals surface area contributed by atoms with E-state index in [1.54, 1.807) is 17.5 Å². The van der Waals surface area contributed by atoms with Crippen molar-refractivity contribution in [1.82, 2.24) is 9.21 Å². The van der Waals surface area contributed by atoms with Gasteiger partial charge in [0.05, 0.1) is 0 Å². The second kappa shape index (κ2) is 7.13. The Balaban J connectivity index is 1.72. The normalized spacial score (nSPS) is 21.4. The third-order valence-corrected chi connectivity index (χ3v) is 8.44. The zero-order valence-corrected chi connectivity index (χ0v) is 16.1. The van der Waals surface area contributed by atoms with Crippen molar-refractivity contribution in [2.24, 2.45) is 0 Å². The fourth-order valence-corrected chi connectivity index (χ4v) is 6.49. The fraction of sp³-hybridized carbons (Fsp3) is 0.421. The molecule has 1 fully saturated rings. The van der Waals surface area contributed by atoms with Crippen molar-refractivity contribution in [3.63, 3.8) is 0 Å². The van der Waals surface area contributed by atoms with Crippen LogP contribution in [0.25, 0.3) is 0 Å². The molecule has 0 aliphatic carbocycles. The van der Waals surface area contributed by atoms with Crippen molar-refractivity contribution in [3.05, 3.63) is 52.9 Å². The molecule has 1 atom stereocenters. The summed E-state index contributed by atoms with van der Waals surface area (Å²) in [5.74, 6) is -0.0562. The monoisotopic (exact) mass is 390 g/mol. The van der Waals surface area contributed by atoms with E-state index in [-0.39, 0.29) is 12.5 Å². The van der Waals surface area contributed by atoms with Gasteiger partial charge in [0.15, 0.2) is 0 Å². The Morgan fingerprint density at radius 1 is 1.00 bits per heavy atom. The summed E-state index contributed by atoms with van der Waals surface area (Å²) in [5.41, 5.74) is 2.05. The molecule has 3 heterocycles. The minimum Gasteiger partial charge on any atom is -0.341 e. The van der Waals surface area contributed by atoms with Gasteiger partial charge in [0.2, 0.25) is 5.91 Å². The van der Waals surface area contributed by atoms with E-state index < -0.39 is 16.1 Å². The number of carbonyl (C=O) groups excluding carboxylic acids is 1. The summed E-state index contributed by atoms with van der Waals surface area (Å²) in [7, 11) is -3.69. The molecule has 0 unspecified atom stereocenters. The number of hydrogen-bond acceptors (Lipinski definition) is 4. The van der Waals surface area contributed by atoms with Crippen molar-refractivity contribution in [2.45, 2.75) is 42.5 Å². The van der Waals surface area contributed by atoms with Crippen LogP contribution in [0.2, 0.25) is 0 Å². The maximum atomic E-state index is 13.2. The van der Waals surface area contributed by atoms with Crippen molar-refractivity contribution in [1.29, 1.82) is 0 Å². The van der Waals surface area contributed by atoms with E-state index in [0.29, 0.717) is 10.6 Å². The largest absolute Gasteiger partial charge is 0.341 e. The second-order valence-corrected chi connectivity index (χ2v) is 9.92. The second-order valence-electron chi connectivity index (χ2n) is 6.86. The lowest BCUT2D eigenvalue weighted by molar-refractivity contribution is -0.136. The Morgan fingerprint density at radius 2 is 1.73 bits per heavy atom. The Bertz CT molecular complexity index is 887. The number of likely N-dealkylation sites (tertiary alicyclic amines) is 1. The third-order valence-electron chi connectivity index (χ3n) is 5.22. The van der Waals surface area contributed by atoms with Crippen LogP contribution in [0.4, 0.5) is 0 Å². The number of carbonyl (C=O) groups is 1. The lowest BCUT2D eigenvalue weighted by Crippen LogP contribution is -2.54. The van der Waals surface area contributed by atoms with Crippen molar-refractivity contribution in [2.75, 3.05) is 13.1 Å². The molecule has 2 aromatic rings. The molecule has 138 valence electrons. The molecule has 1 amide bonds. The van der Waals surface area contributed by atoms with Gasteiger partial charge in [-0.25, -0.2) is 8.42 Å². The molecule has 1 aromatic carbocycles. The topological polar surface area (TPSA) is 57.7 Å². The smallest absolute Gasteiger partial charge is 0.253 e. The van der Waals surface area contributed by atoms with Crippen molar-refractivity contribution < 1.29 is 13.2 Å². The van der Waals surface area contributed by atoms with Gasteiger partial charge in [0.1, 0.15) is 10.3 Å². The van der Waals surface area contributed by atoms with Crippen LogP contribution in [0.5, 0.6) is 0 Å². The summed E-state index contributed by atoms with van der Waals surface area (Å²) in [6.45, 7) is 1.70. The Kier molecular flexibility index (Phi) is 4.86. The van der Waals surface area contributed by atoms with E-state index in [1.165, 1.54) is 15.6 Å². The zero-order valence-electron chi connectivity index (χ0n) is 14.5. The van der Waals surface area contributed by atoms with Crippen LogP contribution in [-0.4, -0.2) is 42.7 Å². The highest BCUT2D eigenvalue weighted by Crippen LogP contribution is 2.32. The summed E-state index contributed by atoms with van der Waals surface area (Å²) in [6.07, 6.45) is 3.56. The zero-order chi connectivity index (χ0) is 18.1. The molecule has 0 spiro atoms. The Morgan fingerprint density at radius 3 is 2.42 bits per heavy atom. The first kappa shape index (κ1) is 17.7. The highest BCUT2D eigenvalue weighted by atomic mass is 32.2. The number of amides is 1. The molecule has 2 aliphatic heterocycles. The molecule has 1 saturated heterocycles. The Labute approximate surface area is 158 Å². The lowest BCUT2D eigenvalue weighted by atomic mass is 9.94. The highest BCUT2D eigenvalue weighted by Gasteiger charge is 2.41. The van der Waals surface area contributed by atoms with Gasteiger partial charge in [-0.3, -0.25) is 4.79 Å². The molecule has 7 heteroatoms. The van der Waals surface area contributed by atoms with Crippen LogP contribution in [0, 0.1) is 0 Å². The van der Waals surface area contributed by atoms with Crippen LogP contribution in [0.1, 0.15) is 30.4 Å². The number of piperidine rings is 1. The fourth-order valence-electron chi connectivity index (χ4n) is 3.81. The van der Waals surface area contributed by atoms with E-state index >= 15 is 0 Å². The predicted molar refractivity (Wildman–Crippen MR) is 101 cm³/mol. The summed E-state index contributed by atoms with van der Waals surface area (Å²) < 4.78 is 28.2. The standard InChI is InChI=1S/C19H22N2O3S2/c22-19(20-10-4-1-5-11-20)17-13-15-7-2-3-8-16(15)14-21(17)26(23,24)18-9-6-12-25-18/h2-3,6-9,12,17H,1,4-5,10-11,13-14H2/t17-/m1/s1. The van der Waals surface area contributed by atoms with E-state index in [4.69, 9.17) is 0 Å². The average molecular weight is 391 g/mol. The first-order chi connectivity index (χ1) is 12.6. The molecule has 26 heavy (non-hydrogen) atoms. The van der Waals surface area contributed by atoms with Crippen molar-refractivity contribution in [3.8, 4) is 0 Å². The summed E-state index contributed by atoms with van der Waals surface area (Å²) in [5, 5.41) is 1.76. The Hall–Kier alpha value is -1.70. The number of rotatable bonds is 3. The predicted octanol–water partition coefficient (Wildman–Crippen LogP) is 2.88. The molecule has 4 rings (SSSR count). The molecule has 0 bridgehead atoms. The van der Waals surface area contributed by atoms with E-state index in [0.717, 1.165) is 43.5 Å². The van der Waals surface area contributed by atoms with Gasteiger partial charge in [-0.05, 0) is 48.3 Å². The number of hydrogen-bond donors (Lipinski definition) is 0. The van der Waals surface area contributed by atoms with Crippen LogP contribution in [0.3, 0.4) is 0 Å². The first-order valence-electron chi connectivity index (χ1n) is 8.98. The molecule has 2 aliphatic rings. The van der Waals surface area contributed by atoms with Gasteiger partial charge < -0.3 is 4.90 Å².